The summed E-state index contributed by atoms with van der Waals surface area (Å²) in [4.78, 5) is 20.3. The monoisotopic (exact) mass is 538 g/mol. The van der Waals surface area contributed by atoms with E-state index in [4.69, 9.17) is 14.2 Å². The number of pyridine rings is 1. The Morgan fingerprint density at radius 2 is 2.03 bits per heavy atom. The fourth-order valence-electron chi connectivity index (χ4n) is 5.01. The molecule has 0 bridgehead atoms. The van der Waals surface area contributed by atoms with E-state index in [1.54, 1.807) is 31.6 Å². The van der Waals surface area contributed by atoms with E-state index in [2.05, 4.69) is 57.6 Å². The van der Waals surface area contributed by atoms with Gasteiger partial charge in [0, 0.05) is 41.6 Å². The number of H-pyrrole nitrogens is 1. The molecule has 10 nitrogen and oxygen atoms in total. The van der Waals surface area contributed by atoms with Gasteiger partial charge in [-0.25, -0.2) is 4.68 Å². The molecule has 1 aromatic carbocycles. The molecule has 11 heteroatoms. The summed E-state index contributed by atoms with van der Waals surface area (Å²) in [5, 5.41) is 15.8. The molecule has 3 aromatic heterocycles. The van der Waals surface area contributed by atoms with Crippen molar-refractivity contribution in [1.29, 1.82) is 0 Å². The quantitative estimate of drug-likeness (QED) is 0.339. The molecule has 38 heavy (non-hydrogen) atoms. The largest absolute Gasteiger partial charge is 0.493 e. The van der Waals surface area contributed by atoms with Gasteiger partial charge in [0.05, 0.1) is 31.4 Å². The van der Waals surface area contributed by atoms with Crippen LogP contribution in [0.5, 0.6) is 11.5 Å². The van der Waals surface area contributed by atoms with Crippen molar-refractivity contribution in [1.82, 2.24) is 30.1 Å². The number of thiophene rings is 1. The molecule has 4 aromatic rings. The van der Waals surface area contributed by atoms with E-state index in [1.807, 2.05) is 22.9 Å². The number of rotatable bonds is 9. The Balaban J connectivity index is 1.70. The Morgan fingerprint density at radius 1 is 1.24 bits per heavy atom. The molecule has 0 spiro atoms. The molecule has 1 saturated heterocycles. The van der Waals surface area contributed by atoms with Gasteiger partial charge in [-0.15, -0.1) is 16.4 Å². The molecule has 1 N–H and O–H groups in total. The fraction of sp³-hybridized carbons (Fsp3) is 0.481. The van der Waals surface area contributed by atoms with Crippen LogP contribution in [0.3, 0.4) is 0 Å². The van der Waals surface area contributed by atoms with Crippen LogP contribution in [-0.2, 0) is 16.8 Å². The minimum absolute atomic E-state index is 0.0697. The van der Waals surface area contributed by atoms with Crippen LogP contribution in [0.15, 0.2) is 40.5 Å². The maximum atomic E-state index is 13.8. The summed E-state index contributed by atoms with van der Waals surface area (Å²) in [6.07, 6.45) is 2.07. The first kappa shape index (κ1) is 26.3. The second-order valence-corrected chi connectivity index (χ2v) is 11.5. The number of hydrogen-bond acceptors (Lipinski definition) is 9. The van der Waals surface area contributed by atoms with Gasteiger partial charge in [-0.3, -0.25) is 9.69 Å². The van der Waals surface area contributed by atoms with Crippen LogP contribution in [0.2, 0.25) is 0 Å². The number of tetrazole rings is 1. The molecule has 4 heterocycles. The van der Waals surface area contributed by atoms with Gasteiger partial charge in [0.2, 0.25) is 0 Å². The van der Waals surface area contributed by atoms with Crippen molar-refractivity contribution in [2.45, 2.75) is 57.8 Å². The first-order valence-electron chi connectivity index (χ1n) is 12.7. The van der Waals surface area contributed by atoms with Crippen molar-refractivity contribution in [3.8, 4) is 11.5 Å². The Morgan fingerprint density at radius 3 is 2.68 bits per heavy atom. The van der Waals surface area contributed by atoms with Crippen molar-refractivity contribution in [3.05, 3.63) is 62.3 Å². The lowest BCUT2D eigenvalue weighted by Gasteiger charge is -2.34. The number of nitrogens with one attached hydrogen (secondary N) is 1. The summed E-state index contributed by atoms with van der Waals surface area (Å²) >= 11 is 1.69. The van der Waals surface area contributed by atoms with Crippen molar-refractivity contribution < 1.29 is 14.2 Å². The number of fused-ring (bicyclic) bond motifs is 1. The standard InChI is InChI=1S/C27H34N6O4S/c1-27(2,3)33-25(29-30-31-33)24(32(15-18-8-6-10-37-18)16-19-9-7-11-38-19)20-12-17-13-22(35-4)23(36-5)14-21(17)28-26(20)34/h7,9,11-14,18,24H,6,8,10,15-16H2,1-5H3,(H,28,34). The molecule has 202 valence electrons. The SMILES string of the molecule is COc1cc2cc(C(c3nnnn3C(C)(C)C)N(Cc3cccs3)CC3CCCO3)c(=O)[nH]c2cc1OC. The lowest BCUT2D eigenvalue weighted by Crippen LogP contribution is -2.40. The number of aromatic nitrogens is 5. The zero-order valence-electron chi connectivity index (χ0n) is 22.4. The van der Waals surface area contributed by atoms with Crippen LogP contribution in [0, 0.1) is 0 Å². The highest BCUT2D eigenvalue weighted by molar-refractivity contribution is 7.09. The highest BCUT2D eigenvalue weighted by Crippen LogP contribution is 2.35. The average Bonchev–Trinajstić information content (AvgIpc) is 3.67. The third kappa shape index (κ3) is 5.31. The van der Waals surface area contributed by atoms with E-state index in [0.29, 0.717) is 41.5 Å². The Labute approximate surface area is 225 Å². The third-order valence-corrected chi connectivity index (χ3v) is 7.67. The highest BCUT2D eigenvalue weighted by Gasteiger charge is 2.35. The van der Waals surface area contributed by atoms with E-state index < -0.39 is 11.6 Å². The summed E-state index contributed by atoms with van der Waals surface area (Å²) in [6, 6.07) is 9.21. The fourth-order valence-corrected chi connectivity index (χ4v) is 5.74. The number of benzene rings is 1. The second kappa shape index (κ2) is 10.8. The molecule has 1 fully saturated rings. The molecule has 2 atom stereocenters. The third-order valence-electron chi connectivity index (χ3n) is 6.81. The Bertz CT molecular complexity index is 1440. The lowest BCUT2D eigenvalue weighted by molar-refractivity contribution is 0.0569. The molecule has 0 saturated carbocycles. The van der Waals surface area contributed by atoms with Crippen LogP contribution < -0.4 is 15.0 Å². The van der Waals surface area contributed by atoms with Gasteiger partial charge in [-0.05, 0) is 67.6 Å². The Kier molecular flexibility index (Phi) is 7.51. The average molecular weight is 539 g/mol. The summed E-state index contributed by atoms with van der Waals surface area (Å²) in [6.45, 7) is 8.17. The normalized spacial score (nSPS) is 16.8. The second-order valence-electron chi connectivity index (χ2n) is 10.5. The van der Waals surface area contributed by atoms with E-state index in [-0.39, 0.29) is 11.7 Å². The topological polar surface area (TPSA) is 107 Å². The minimum atomic E-state index is -0.517. The van der Waals surface area contributed by atoms with Gasteiger partial charge >= 0.3 is 0 Å². The lowest BCUT2D eigenvalue weighted by atomic mass is 10.0. The van der Waals surface area contributed by atoms with Gasteiger partial charge in [0.25, 0.3) is 5.56 Å². The maximum Gasteiger partial charge on any atom is 0.253 e. The summed E-state index contributed by atoms with van der Waals surface area (Å²) in [5.74, 6) is 1.75. The smallest absolute Gasteiger partial charge is 0.253 e. The summed E-state index contributed by atoms with van der Waals surface area (Å²) in [5.41, 5.74) is 0.617. The van der Waals surface area contributed by atoms with Gasteiger partial charge in [-0.2, -0.15) is 0 Å². The number of nitrogens with zero attached hydrogens (tertiary/aromatic N) is 5. The predicted octanol–water partition coefficient (Wildman–Crippen LogP) is 4.12. The molecule has 0 aliphatic carbocycles. The Hall–Kier alpha value is -3.28. The first-order chi connectivity index (χ1) is 18.3. The molecular weight excluding hydrogens is 504 g/mol. The summed E-state index contributed by atoms with van der Waals surface area (Å²) in [7, 11) is 3.17. The van der Waals surface area contributed by atoms with Gasteiger partial charge in [0.15, 0.2) is 17.3 Å². The molecular formula is C27H34N6O4S. The van der Waals surface area contributed by atoms with E-state index in [0.717, 1.165) is 24.8 Å². The number of aromatic amines is 1. The van der Waals surface area contributed by atoms with Crippen molar-refractivity contribution in [2.75, 3.05) is 27.4 Å². The van der Waals surface area contributed by atoms with Crippen LogP contribution in [0.4, 0.5) is 0 Å². The molecule has 5 rings (SSSR count). The van der Waals surface area contributed by atoms with E-state index in [9.17, 15) is 4.79 Å². The van der Waals surface area contributed by atoms with E-state index >= 15 is 0 Å². The number of ether oxygens (including phenoxy) is 3. The van der Waals surface area contributed by atoms with Gasteiger partial charge < -0.3 is 19.2 Å². The first-order valence-corrected chi connectivity index (χ1v) is 13.6. The molecule has 1 aliphatic heterocycles. The van der Waals surface area contributed by atoms with Crippen LogP contribution >= 0.6 is 11.3 Å². The molecule has 2 unspecified atom stereocenters. The van der Waals surface area contributed by atoms with Crippen molar-refractivity contribution >= 4 is 22.2 Å². The maximum absolute atomic E-state index is 13.8. The highest BCUT2D eigenvalue weighted by atomic mass is 32.1. The van der Waals surface area contributed by atoms with E-state index in [1.165, 1.54) is 4.88 Å². The van der Waals surface area contributed by atoms with Crippen LogP contribution in [0.25, 0.3) is 10.9 Å². The van der Waals surface area contributed by atoms with Crippen LogP contribution in [0.1, 0.15) is 55.9 Å². The summed E-state index contributed by atoms with van der Waals surface area (Å²) < 4.78 is 18.8. The van der Waals surface area contributed by atoms with Crippen LogP contribution in [-0.4, -0.2) is 63.6 Å². The zero-order chi connectivity index (χ0) is 26.9. The van der Waals surface area contributed by atoms with Gasteiger partial charge in [-0.1, -0.05) is 6.07 Å². The van der Waals surface area contributed by atoms with Crippen molar-refractivity contribution in [3.63, 3.8) is 0 Å². The molecule has 0 amide bonds. The number of methoxy groups -OCH3 is 2. The van der Waals surface area contributed by atoms with Crippen molar-refractivity contribution in [2.24, 2.45) is 0 Å². The molecule has 1 aliphatic rings. The zero-order valence-corrected chi connectivity index (χ0v) is 23.2. The number of hydrogen-bond donors (Lipinski definition) is 1. The predicted molar refractivity (Wildman–Crippen MR) is 146 cm³/mol. The minimum Gasteiger partial charge on any atom is -0.493 e. The molecule has 0 radical (unpaired) electrons. The van der Waals surface area contributed by atoms with Gasteiger partial charge in [0.1, 0.15) is 6.04 Å².